The molecular formula is C32H32F7N7O. The highest BCUT2D eigenvalue weighted by Crippen LogP contribution is 2.40. The molecule has 0 radical (unpaired) electrons. The molecule has 15 heteroatoms. The van der Waals surface area contributed by atoms with Crippen LogP contribution in [0, 0.1) is 17.7 Å². The molecule has 1 aliphatic heterocycles. The van der Waals surface area contributed by atoms with Gasteiger partial charge in [-0.1, -0.05) is 5.10 Å². The van der Waals surface area contributed by atoms with Crippen LogP contribution in [0.3, 0.4) is 0 Å². The van der Waals surface area contributed by atoms with Gasteiger partial charge in [0.25, 0.3) is 5.95 Å². The third-order valence-corrected chi connectivity index (χ3v) is 9.12. The first-order valence-corrected chi connectivity index (χ1v) is 15.4. The van der Waals surface area contributed by atoms with Crippen molar-refractivity contribution >= 4 is 29.0 Å². The van der Waals surface area contributed by atoms with Gasteiger partial charge in [0, 0.05) is 48.6 Å². The average molecular weight is 664 g/mol. The maximum Gasteiger partial charge on any atom is 0.416 e. The Labute approximate surface area is 265 Å². The number of aryl methyl sites for hydroxylation is 1. The van der Waals surface area contributed by atoms with Gasteiger partial charge >= 0.3 is 12.4 Å². The maximum atomic E-state index is 14.3. The van der Waals surface area contributed by atoms with Crippen LogP contribution >= 0.6 is 0 Å². The summed E-state index contributed by atoms with van der Waals surface area (Å²) >= 11 is 0. The van der Waals surface area contributed by atoms with Crippen LogP contribution < -0.4 is 9.80 Å². The number of nitrogens with zero attached hydrogens (tertiary/aromatic N) is 7. The van der Waals surface area contributed by atoms with Gasteiger partial charge in [-0.15, -0.1) is 5.10 Å². The Balaban J connectivity index is 1.41. The normalized spacial score (nSPS) is 20.6. The number of rotatable bonds is 8. The van der Waals surface area contributed by atoms with E-state index in [2.05, 4.69) is 20.3 Å². The number of anilines is 2. The van der Waals surface area contributed by atoms with Crippen LogP contribution in [-0.2, 0) is 37.3 Å². The Hall–Kier alpha value is -4.30. The molecule has 0 spiro atoms. The van der Waals surface area contributed by atoms with E-state index in [1.54, 1.807) is 6.07 Å². The second-order valence-corrected chi connectivity index (χ2v) is 12.4. The van der Waals surface area contributed by atoms with Gasteiger partial charge in [0.2, 0.25) is 0 Å². The van der Waals surface area contributed by atoms with E-state index >= 15 is 0 Å². The fourth-order valence-electron chi connectivity index (χ4n) is 6.88. The van der Waals surface area contributed by atoms with Gasteiger partial charge in [-0.2, -0.15) is 31.1 Å². The highest BCUT2D eigenvalue weighted by Gasteiger charge is 2.38. The van der Waals surface area contributed by atoms with E-state index in [1.807, 2.05) is 6.07 Å². The van der Waals surface area contributed by atoms with E-state index in [0.717, 1.165) is 49.6 Å². The lowest BCUT2D eigenvalue weighted by Gasteiger charge is -2.37. The summed E-state index contributed by atoms with van der Waals surface area (Å²) in [7, 11) is 1.49. The van der Waals surface area contributed by atoms with E-state index < -0.39 is 35.8 Å². The van der Waals surface area contributed by atoms with Gasteiger partial charge in [-0.3, -0.25) is 0 Å². The molecule has 47 heavy (non-hydrogen) atoms. The lowest BCUT2D eigenvalue weighted by Crippen LogP contribution is -2.39. The first-order chi connectivity index (χ1) is 22.3. The van der Waals surface area contributed by atoms with E-state index in [9.17, 15) is 35.5 Å². The molecule has 2 fully saturated rings. The largest absolute Gasteiger partial charge is 0.416 e. The highest BCUT2D eigenvalue weighted by atomic mass is 19.4. The Kier molecular flexibility index (Phi) is 8.83. The number of carbonyl (C=O) groups excluding carboxylic acids is 1. The SMILES string of the molecule is Cn1nnc(N(Cc2cc(C(F)(F)F)cc(C(F)(F)F)c2)Cc2cc3ccc(F)cc3nc2N2CCC[C@@H]2C2CCC(C=O)CC2)n1. The molecule has 0 N–H and O–H groups in total. The summed E-state index contributed by atoms with van der Waals surface area (Å²) in [5.41, 5.74) is -2.06. The monoisotopic (exact) mass is 663 g/mol. The topological polar surface area (TPSA) is 80.0 Å². The number of aldehydes is 1. The quantitative estimate of drug-likeness (QED) is 0.147. The minimum Gasteiger partial charge on any atom is -0.353 e. The number of carbonyl (C=O) groups is 1. The lowest BCUT2D eigenvalue weighted by atomic mass is 9.78. The molecule has 2 aliphatic rings. The van der Waals surface area contributed by atoms with Crippen molar-refractivity contribution in [1.82, 2.24) is 25.2 Å². The first-order valence-electron chi connectivity index (χ1n) is 15.4. The predicted molar refractivity (Wildman–Crippen MR) is 159 cm³/mol. The number of aromatic nitrogens is 5. The second kappa shape index (κ2) is 12.7. The van der Waals surface area contributed by atoms with E-state index in [4.69, 9.17) is 4.98 Å². The van der Waals surface area contributed by atoms with Crippen molar-refractivity contribution in [3.8, 4) is 0 Å². The smallest absolute Gasteiger partial charge is 0.353 e. The maximum absolute atomic E-state index is 14.3. The molecular weight excluding hydrogens is 631 g/mol. The summed E-state index contributed by atoms with van der Waals surface area (Å²) in [6.07, 6.45) is -3.91. The first kappa shape index (κ1) is 32.6. The van der Waals surface area contributed by atoms with E-state index in [-0.39, 0.29) is 36.1 Å². The van der Waals surface area contributed by atoms with E-state index in [1.165, 1.54) is 24.1 Å². The zero-order chi connectivity index (χ0) is 33.5. The number of alkyl halides is 6. The Morgan fingerprint density at radius 3 is 2.23 bits per heavy atom. The van der Waals surface area contributed by atoms with Crippen molar-refractivity contribution in [3.63, 3.8) is 0 Å². The Bertz CT molecular complexity index is 1720. The number of benzene rings is 2. The molecule has 0 bridgehead atoms. The number of tetrazole rings is 1. The van der Waals surface area contributed by atoms with Crippen molar-refractivity contribution in [3.05, 3.63) is 70.5 Å². The van der Waals surface area contributed by atoms with Gasteiger partial charge in [0.05, 0.1) is 23.7 Å². The molecule has 0 amide bonds. The number of pyridine rings is 1. The van der Waals surface area contributed by atoms with Gasteiger partial charge in [-0.25, -0.2) is 9.37 Å². The average Bonchev–Trinajstić information content (AvgIpc) is 3.69. The van der Waals surface area contributed by atoms with Crippen LogP contribution in [0.15, 0.2) is 42.5 Å². The highest BCUT2D eigenvalue weighted by molar-refractivity contribution is 5.82. The standard InChI is InChI=1S/C32H32F7N7O/c1-44-42-30(41-43-44)45(16-20-11-24(31(34,35)36)14-25(12-20)32(37,38)39)17-23-13-22-8-9-26(33)15-27(22)40-29(23)46-10-2-3-28(46)21-6-4-19(18-47)5-7-21/h8-9,11-15,18-19,21,28H,2-7,10,16-17H2,1H3/t19?,21?,28-/m1/s1. The van der Waals surface area contributed by atoms with Crippen molar-refractivity contribution in [2.75, 3.05) is 16.3 Å². The summed E-state index contributed by atoms with van der Waals surface area (Å²) in [5.74, 6) is 0.422. The van der Waals surface area contributed by atoms with Crippen LogP contribution in [-0.4, -0.2) is 44.1 Å². The summed E-state index contributed by atoms with van der Waals surface area (Å²) in [6.45, 7) is 0.212. The molecule has 1 saturated heterocycles. The van der Waals surface area contributed by atoms with Gasteiger partial charge in [0.15, 0.2) is 0 Å². The minimum atomic E-state index is -5.01. The zero-order valence-corrected chi connectivity index (χ0v) is 25.4. The molecule has 250 valence electrons. The predicted octanol–water partition coefficient (Wildman–Crippen LogP) is 7.12. The lowest BCUT2D eigenvalue weighted by molar-refractivity contribution is -0.143. The summed E-state index contributed by atoms with van der Waals surface area (Å²) in [4.78, 5) is 21.0. The fourth-order valence-corrected chi connectivity index (χ4v) is 6.88. The molecule has 8 nitrogen and oxygen atoms in total. The third-order valence-electron chi connectivity index (χ3n) is 9.12. The molecule has 6 rings (SSSR count). The van der Waals surface area contributed by atoms with Crippen LogP contribution in [0.4, 0.5) is 42.5 Å². The molecule has 4 aromatic rings. The number of halogens is 7. The van der Waals surface area contributed by atoms with Crippen molar-refractivity contribution in [2.24, 2.45) is 18.9 Å². The van der Waals surface area contributed by atoms with Gasteiger partial charge in [-0.05, 0) is 91.6 Å². The van der Waals surface area contributed by atoms with Crippen LogP contribution in [0.2, 0.25) is 0 Å². The molecule has 2 aromatic heterocycles. The molecule has 0 unspecified atom stereocenters. The second-order valence-electron chi connectivity index (χ2n) is 12.4. The summed E-state index contributed by atoms with van der Waals surface area (Å²) in [6, 6.07) is 7.57. The molecule has 2 aromatic carbocycles. The molecule has 1 saturated carbocycles. The van der Waals surface area contributed by atoms with Crippen LogP contribution in [0.5, 0.6) is 0 Å². The number of hydrogen-bond acceptors (Lipinski definition) is 7. The number of fused-ring (bicyclic) bond motifs is 1. The van der Waals surface area contributed by atoms with Gasteiger partial charge in [0.1, 0.15) is 17.9 Å². The fraction of sp³-hybridized carbons (Fsp3) is 0.469. The number of hydrogen-bond donors (Lipinski definition) is 0. The minimum absolute atomic E-state index is 0.00576. The third kappa shape index (κ3) is 7.18. The summed E-state index contributed by atoms with van der Waals surface area (Å²) in [5, 5.41) is 12.7. The van der Waals surface area contributed by atoms with Gasteiger partial charge < -0.3 is 14.6 Å². The molecule has 1 atom stereocenters. The van der Waals surface area contributed by atoms with Crippen LogP contribution in [0.1, 0.15) is 60.8 Å². The zero-order valence-electron chi connectivity index (χ0n) is 25.4. The van der Waals surface area contributed by atoms with E-state index in [0.29, 0.717) is 46.9 Å². The molecule has 3 heterocycles. The Morgan fingerprint density at radius 1 is 0.915 bits per heavy atom. The van der Waals surface area contributed by atoms with Crippen LogP contribution in [0.25, 0.3) is 10.9 Å². The van der Waals surface area contributed by atoms with Crippen molar-refractivity contribution in [2.45, 2.75) is 70.0 Å². The van der Waals surface area contributed by atoms with Crippen molar-refractivity contribution in [1.29, 1.82) is 0 Å². The summed E-state index contributed by atoms with van der Waals surface area (Å²) < 4.78 is 96.5. The Morgan fingerprint density at radius 2 is 1.62 bits per heavy atom. The van der Waals surface area contributed by atoms with Crippen molar-refractivity contribution < 1.29 is 35.5 Å². The molecule has 1 aliphatic carbocycles.